The number of aryl methyl sites for hydroxylation is 1. The second-order valence-corrected chi connectivity index (χ2v) is 9.72. The Morgan fingerprint density at radius 3 is 2.67 bits per heavy atom. The van der Waals surface area contributed by atoms with Gasteiger partial charge in [0.25, 0.3) is 5.56 Å². The SMILES string of the molecule is [B]N(C)Cc1cccc(NC(=O)OC[C@H](C)c2ccc(C(C=O)Nc3ccc4cc[nH]c(=O)c4c3)cc2C)c1. The summed E-state index contributed by atoms with van der Waals surface area (Å²) in [7, 11) is 7.48. The molecular weight excluding hydrogens is 491 g/mol. The van der Waals surface area contributed by atoms with Crippen LogP contribution in [0.4, 0.5) is 16.2 Å². The monoisotopic (exact) mass is 522 g/mol. The molecule has 1 amide bonds. The summed E-state index contributed by atoms with van der Waals surface area (Å²) in [6.45, 7) is 4.69. The Bertz CT molecular complexity index is 1540. The molecule has 0 aliphatic carbocycles. The van der Waals surface area contributed by atoms with Crippen molar-refractivity contribution in [2.45, 2.75) is 32.4 Å². The van der Waals surface area contributed by atoms with Crippen LogP contribution in [0.1, 0.15) is 41.1 Å². The molecule has 0 bridgehead atoms. The standard InChI is InChI=1S/C30H31BN4O4/c1-19-13-23(28(17-36)33-25-9-7-22-11-12-32-29(37)27(22)15-25)8-10-26(19)20(2)18-39-30(38)34-24-6-4-5-21(14-24)16-35(3)31/h4-15,17,20,28,33H,16,18H2,1-3H3,(H,32,37)(H,34,38)/t20-,28?/m0/s1. The van der Waals surface area contributed by atoms with Gasteiger partial charge in [-0.2, -0.15) is 0 Å². The number of anilines is 2. The van der Waals surface area contributed by atoms with E-state index in [-0.39, 0.29) is 18.1 Å². The predicted molar refractivity (Wildman–Crippen MR) is 155 cm³/mol. The molecule has 1 aromatic heterocycles. The molecule has 2 radical (unpaired) electrons. The van der Waals surface area contributed by atoms with Crippen LogP contribution in [0, 0.1) is 6.92 Å². The third-order valence-corrected chi connectivity index (χ3v) is 6.49. The van der Waals surface area contributed by atoms with Gasteiger partial charge >= 0.3 is 6.09 Å². The Labute approximate surface area is 228 Å². The van der Waals surface area contributed by atoms with Crippen molar-refractivity contribution in [1.29, 1.82) is 0 Å². The maximum absolute atomic E-state index is 12.4. The number of rotatable bonds is 10. The number of hydrogen-bond donors (Lipinski definition) is 3. The molecular formula is C30H31BN4O4. The fraction of sp³-hybridized carbons (Fsp3) is 0.233. The number of aromatic amines is 1. The van der Waals surface area contributed by atoms with Gasteiger partial charge in [0, 0.05) is 35.4 Å². The lowest BCUT2D eigenvalue weighted by Gasteiger charge is -2.19. The first-order valence-electron chi connectivity index (χ1n) is 12.7. The molecule has 0 saturated carbocycles. The number of hydrogen-bond acceptors (Lipinski definition) is 6. The van der Waals surface area contributed by atoms with Crippen molar-refractivity contribution < 1.29 is 14.3 Å². The molecule has 39 heavy (non-hydrogen) atoms. The molecule has 9 heteroatoms. The smallest absolute Gasteiger partial charge is 0.411 e. The molecule has 4 aromatic rings. The van der Waals surface area contributed by atoms with Crippen LogP contribution in [-0.2, 0) is 16.1 Å². The number of H-pyrrole nitrogens is 1. The number of amides is 1. The Balaban J connectivity index is 1.38. The van der Waals surface area contributed by atoms with Crippen LogP contribution < -0.4 is 16.2 Å². The molecule has 3 aromatic carbocycles. The van der Waals surface area contributed by atoms with E-state index in [1.54, 1.807) is 30.2 Å². The lowest BCUT2D eigenvalue weighted by molar-refractivity contribution is -0.108. The Morgan fingerprint density at radius 1 is 1.10 bits per heavy atom. The van der Waals surface area contributed by atoms with Crippen LogP contribution >= 0.6 is 0 Å². The van der Waals surface area contributed by atoms with E-state index in [1.807, 2.05) is 68.4 Å². The summed E-state index contributed by atoms with van der Waals surface area (Å²) in [5, 5.41) is 7.34. The second kappa shape index (κ2) is 12.5. The van der Waals surface area contributed by atoms with E-state index < -0.39 is 12.1 Å². The highest BCUT2D eigenvalue weighted by Crippen LogP contribution is 2.26. The van der Waals surface area contributed by atoms with Gasteiger partial charge in [0.15, 0.2) is 7.98 Å². The van der Waals surface area contributed by atoms with E-state index in [9.17, 15) is 14.4 Å². The van der Waals surface area contributed by atoms with Crippen LogP contribution in [0.15, 0.2) is 77.7 Å². The van der Waals surface area contributed by atoms with Gasteiger partial charge in [-0.15, -0.1) is 0 Å². The molecule has 0 aliphatic rings. The fourth-order valence-electron chi connectivity index (χ4n) is 4.57. The van der Waals surface area contributed by atoms with Crippen molar-refractivity contribution in [1.82, 2.24) is 9.79 Å². The summed E-state index contributed by atoms with van der Waals surface area (Å²) in [6.07, 6.45) is 1.91. The Hall–Kier alpha value is -4.37. The molecule has 0 fully saturated rings. The lowest BCUT2D eigenvalue weighted by Crippen LogP contribution is -2.18. The number of nitrogens with one attached hydrogen (secondary N) is 3. The number of carbonyl (C=O) groups excluding carboxylic acids is 2. The summed E-state index contributed by atoms with van der Waals surface area (Å²) in [5.41, 5.74) is 4.88. The van der Waals surface area contributed by atoms with E-state index in [0.29, 0.717) is 23.3 Å². The first kappa shape index (κ1) is 27.7. The van der Waals surface area contributed by atoms with Crippen LogP contribution in [0.25, 0.3) is 10.8 Å². The number of benzene rings is 3. The predicted octanol–water partition coefficient (Wildman–Crippen LogP) is 5.06. The Morgan fingerprint density at radius 2 is 1.92 bits per heavy atom. The number of aromatic nitrogens is 1. The van der Waals surface area contributed by atoms with Crippen molar-refractivity contribution >= 4 is 42.5 Å². The van der Waals surface area contributed by atoms with Crippen molar-refractivity contribution in [3.05, 3.63) is 106 Å². The number of fused-ring (bicyclic) bond motifs is 1. The van der Waals surface area contributed by atoms with Gasteiger partial charge in [-0.25, -0.2) is 4.79 Å². The van der Waals surface area contributed by atoms with E-state index in [0.717, 1.165) is 33.9 Å². The highest BCUT2D eigenvalue weighted by atomic mass is 16.5. The largest absolute Gasteiger partial charge is 0.449 e. The molecule has 4 rings (SSSR count). The molecule has 0 spiro atoms. The average molecular weight is 522 g/mol. The van der Waals surface area contributed by atoms with Gasteiger partial charge in [-0.3, -0.25) is 10.1 Å². The maximum Gasteiger partial charge on any atom is 0.411 e. The van der Waals surface area contributed by atoms with E-state index >= 15 is 0 Å². The normalized spacial score (nSPS) is 12.6. The number of nitrogens with zero attached hydrogens (tertiary/aromatic N) is 1. The van der Waals surface area contributed by atoms with Crippen LogP contribution in [0.3, 0.4) is 0 Å². The zero-order valence-electron chi connectivity index (χ0n) is 22.2. The second-order valence-electron chi connectivity index (χ2n) is 9.72. The van der Waals surface area contributed by atoms with Gasteiger partial charge in [-0.1, -0.05) is 43.3 Å². The average Bonchev–Trinajstić information content (AvgIpc) is 2.90. The lowest BCUT2D eigenvalue weighted by atomic mass is 9.93. The minimum atomic E-state index is -0.592. The van der Waals surface area contributed by atoms with E-state index in [4.69, 9.17) is 12.7 Å². The highest BCUT2D eigenvalue weighted by molar-refractivity contribution is 6.04. The number of ether oxygens (including phenoxy) is 1. The summed E-state index contributed by atoms with van der Waals surface area (Å²) in [6, 6.07) is 19.9. The summed E-state index contributed by atoms with van der Waals surface area (Å²) < 4.78 is 5.48. The molecule has 198 valence electrons. The minimum absolute atomic E-state index is 0.0584. The quantitative estimate of drug-likeness (QED) is 0.199. The van der Waals surface area contributed by atoms with E-state index in [1.165, 1.54) is 0 Å². The summed E-state index contributed by atoms with van der Waals surface area (Å²) in [4.78, 5) is 40.7. The van der Waals surface area contributed by atoms with Crippen LogP contribution in [0.2, 0.25) is 0 Å². The zero-order valence-corrected chi connectivity index (χ0v) is 22.2. The number of carbonyl (C=O) groups is 2. The fourth-order valence-corrected chi connectivity index (χ4v) is 4.57. The molecule has 2 atom stereocenters. The molecule has 0 aliphatic heterocycles. The molecule has 3 N–H and O–H groups in total. The van der Waals surface area contributed by atoms with Crippen molar-refractivity contribution in [2.24, 2.45) is 0 Å². The first-order chi connectivity index (χ1) is 18.7. The van der Waals surface area contributed by atoms with Crippen LogP contribution in [-0.4, -0.2) is 43.8 Å². The molecule has 0 saturated heterocycles. The zero-order chi connectivity index (χ0) is 27.9. The van der Waals surface area contributed by atoms with Gasteiger partial charge < -0.3 is 24.6 Å². The number of aldehydes is 1. The topological polar surface area (TPSA) is 104 Å². The Kier molecular flexibility index (Phi) is 8.83. The number of pyridine rings is 1. The van der Waals surface area contributed by atoms with Crippen molar-refractivity contribution in [3.63, 3.8) is 0 Å². The highest BCUT2D eigenvalue weighted by Gasteiger charge is 2.16. The third-order valence-electron chi connectivity index (χ3n) is 6.49. The maximum atomic E-state index is 12.4. The van der Waals surface area contributed by atoms with Gasteiger partial charge in [0.1, 0.15) is 12.3 Å². The molecule has 1 heterocycles. The van der Waals surface area contributed by atoms with E-state index in [2.05, 4.69) is 15.6 Å². The van der Waals surface area contributed by atoms with Crippen molar-refractivity contribution in [3.8, 4) is 0 Å². The van der Waals surface area contributed by atoms with Crippen LogP contribution in [0.5, 0.6) is 0 Å². The minimum Gasteiger partial charge on any atom is -0.449 e. The molecule has 1 unspecified atom stereocenters. The first-order valence-corrected chi connectivity index (χ1v) is 12.7. The summed E-state index contributed by atoms with van der Waals surface area (Å²) >= 11 is 0. The third kappa shape index (κ3) is 7.15. The van der Waals surface area contributed by atoms with Gasteiger partial charge in [0.2, 0.25) is 0 Å². The van der Waals surface area contributed by atoms with Gasteiger partial charge in [-0.05, 0) is 71.9 Å². The van der Waals surface area contributed by atoms with Crippen molar-refractivity contribution in [2.75, 3.05) is 24.3 Å². The van der Waals surface area contributed by atoms with Gasteiger partial charge in [0.05, 0.1) is 6.61 Å². The summed E-state index contributed by atoms with van der Waals surface area (Å²) in [5.74, 6) is -0.0584. The molecule has 8 nitrogen and oxygen atoms in total.